The van der Waals surface area contributed by atoms with Gasteiger partial charge in [-0.3, -0.25) is 4.86 Å². The van der Waals surface area contributed by atoms with Gasteiger partial charge in [0.05, 0.1) is 8.22 Å². The van der Waals surface area contributed by atoms with Crippen LogP contribution in [-0.4, -0.2) is 0 Å². The van der Waals surface area contributed by atoms with Gasteiger partial charge in [-0.25, -0.2) is 9.72 Å². The topological polar surface area (TPSA) is 36.1 Å². The molecule has 0 aliphatic carbocycles. The molecule has 1 fully saturated rings. The average Bonchev–Trinajstić information content (AvgIpc) is 2.21. The van der Waals surface area contributed by atoms with Gasteiger partial charge in [-0.15, -0.1) is 0 Å². The molecule has 1 aromatic rings. The molecule has 1 aliphatic rings. The van der Waals surface area contributed by atoms with Crippen LogP contribution in [0.5, 0.6) is 0 Å². The molecule has 0 spiro atoms. The van der Waals surface area contributed by atoms with Gasteiger partial charge < -0.3 is 0 Å². The quantitative estimate of drug-likeness (QED) is 0.622. The summed E-state index contributed by atoms with van der Waals surface area (Å²) in [6, 6.07) is 10.5. The third-order valence-electron chi connectivity index (χ3n) is 1.47. The van der Waals surface area contributed by atoms with Gasteiger partial charge in [-0.2, -0.15) is 0 Å². The Morgan fingerprint density at radius 3 is 2.33 bits per heavy atom. The summed E-state index contributed by atoms with van der Waals surface area (Å²) in [5, 5.41) is 1.37. The second kappa shape index (κ2) is 4.58. The minimum absolute atomic E-state index is 0.305. The predicted octanol–water partition coefficient (Wildman–Crippen LogP) is 1.42. The van der Waals surface area contributed by atoms with Crippen LogP contribution in [0.1, 0.15) is 0 Å². The van der Waals surface area contributed by atoms with Crippen molar-refractivity contribution in [3.05, 3.63) is 30.3 Å². The van der Waals surface area contributed by atoms with Crippen molar-refractivity contribution in [2.45, 2.75) is 0 Å². The molecule has 0 bridgehead atoms. The van der Waals surface area contributed by atoms with E-state index in [0.29, 0.717) is 17.8 Å². The Kier molecular flexibility index (Phi) is 3.42. The Morgan fingerprint density at radius 2 is 1.67 bits per heavy atom. The van der Waals surface area contributed by atoms with Crippen LogP contribution in [0.3, 0.4) is 0 Å². The second-order valence-electron chi connectivity index (χ2n) is 2.27. The SMILES string of the molecule is c1ccc(P2NPNPN2)cc1. The molecule has 2 unspecified atom stereocenters. The van der Waals surface area contributed by atoms with E-state index in [9.17, 15) is 0 Å². The first kappa shape index (κ1) is 8.97. The van der Waals surface area contributed by atoms with E-state index in [1.807, 2.05) is 6.07 Å². The monoisotopic (exact) mass is 217 g/mol. The van der Waals surface area contributed by atoms with E-state index in [1.165, 1.54) is 5.30 Å². The third kappa shape index (κ3) is 2.20. The van der Waals surface area contributed by atoms with Crippen LogP contribution < -0.4 is 19.9 Å². The summed E-state index contributed by atoms with van der Waals surface area (Å²) in [6.07, 6.45) is 0. The Morgan fingerprint density at radius 1 is 1.00 bits per heavy atom. The lowest BCUT2D eigenvalue weighted by Crippen LogP contribution is -2.22. The van der Waals surface area contributed by atoms with E-state index >= 15 is 0 Å². The van der Waals surface area contributed by atoms with Gasteiger partial charge in [0.15, 0.2) is 0 Å². The van der Waals surface area contributed by atoms with E-state index in [2.05, 4.69) is 38.8 Å². The van der Waals surface area contributed by atoms with Crippen LogP contribution in [0.2, 0.25) is 0 Å². The van der Waals surface area contributed by atoms with Crippen LogP contribution >= 0.6 is 26.0 Å². The standard InChI is InChI=1S/C6H10N3P3/c1-2-4-6(5-3-1)12-8-10-7-11-9-12/h1-5,7-11H. The van der Waals surface area contributed by atoms with Gasteiger partial charge >= 0.3 is 0 Å². The molecule has 2 rings (SSSR count). The van der Waals surface area contributed by atoms with Gasteiger partial charge in [-0.1, -0.05) is 30.3 Å². The molecule has 1 aliphatic heterocycles. The fourth-order valence-electron chi connectivity index (χ4n) is 0.933. The molecule has 0 saturated carbocycles. The zero-order valence-corrected chi connectivity index (χ0v) is 9.23. The van der Waals surface area contributed by atoms with Crippen molar-refractivity contribution in [2.75, 3.05) is 0 Å². The molecule has 0 radical (unpaired) electrons. The lowest BCUT2D eigenvalue weighted by molar-refractivity contribution is 1.42. The fraction of sp³-hybridized carbons (Fsp3) is 0. The molecule has 0 aromatic heterocycles. The molecule has 12 heavy (non-hydrogen) atoms. The number of rotatable bonds is 1. The van der Waals surface area contributed by atoms with Crippen LogP contribution in [0.15, 0.2) is 30.3 Å². The zero-order valence-electron chi connectivity index (χ0n) is 6.33. The molecule has 0 amide bonds. The summed E-state index contributed by atoms with van der Waals surface area (Å²) in [5.41, 5.74) is 0. The fourth-order valence-corrected chi connectivity index (χ4v) is 5.76. The lowest BCUT2D eigenvalue weighted by Gasteiger charge is -2.24. The van der Waals surface area contributed by atoms with Crippen LogP contribution in [0.4, 0.5) is 0 Å². The zero-order chi connectivity index (χ0) is 8.23. The van der Waals surface area contributed by atoms with Gasteiger partial charge in [0.25, 0.3) is 0 Å². The average molecular weight is 217 g/mol. The normalized spacial score (nSPS) is 27.8. The molecule has 64 valence electrons. The third-order valence-corrected chi connectivity index (χ3v) is 5.97. The predicted molar refractivity (Wildman–Crippen MR) is 59.0 cm³/mol. The van der Waals surface area contributed by atoms with Crippen molar-refractivity contribution in [2.24, 2.45) is 0 Å². The Bertz CT molecular complexity index is 237. The molecule has 6 heteroatoms. The van der Waals surface area contributed by atoms with Crippen molar-refractivity contribution in [3.8, 4) is 0 Å². The summed E-state index contributed by atoms with van der Waals surface area (Å²) >= 11 is 0. The minimum Gasteiger partial charge on any atom is -0.254 e. The van der Waals surface area contributed by atoms with E-state index in [-0.39, 0.29) is 8.22 Å². The van der Waals surface area contributed by atoms with E-state index in [1.54, 1.807) is 0 Å². The highest BCUT2D eigenvalue weighted by Crippen LogP contribution is 2.37. The van der Waals surface area contributed by atoms with E-state index in [0.717, 1.165) is 0 Å². The number of benzene rings is 1. The van der Waals surface area contributed by atoms with Crippen molar-refractivity contribution in [1.82, 2.24) is 14.6 Å². The Balaban J connectivity index is 2.08. The van der Waals surface area contributed by atoms with Crippen LogP contribution in [0, 0.1) is 0 Å². The summed E-state index contributed by atoms with van der Waals surface area (Å²) in [6.45, 7) is 0. The molecular formula is C6H10N3P3. The van der Waals surface area contributed by atoms with Crippen molar-refractivity contribution in [3.63, 3.8) is 0 Å². The highest BCUT2D eigenvalue weighted by atomic mass is 31.2. The molecule has 3 N–H and O–H groups in total. The maximum Gasteiger partial charge on any atom is 0.0757 e. The van der Waals surface area contributed by atoms with Gasteiger partial charge in [0.1, 0.15) is 0 Å². The number of nitrogens with one attached hydrogen (secondary N) is 3. The molecular weight excluding hydrogens is 207 g/mol. The maximum absolute atomic E-state index is 3.41. The first-order valence-corrected chi connectivity index (χ1v) is 6.92. The Hall–Kier alpha value is 0.390. The molecule has 1 heterocycles. The van der Waals surface area contributed by atoms with Gasteiger partial charge in [-0.05, 0) is 0 Å². The molecule has 3 nitrogen and oxygen atoms in total. The summed E-state index contributed by atoms with van der Waals surface area (Å²) < 4.78 is 0. The van der Waals surface area contributed by atoms with E-state index < -0.39 is 0 Å². The molecule has 1 saturated heterocycles. The lowest BCUT2D eigenvalue weighted by atomic mass is 10.4. The Labute approximate surface area is 76.7 Å². The van der Waals surface area contributed by atoms with Gasteiger partial charge in [0, 0.05) is 23.1 Å². The maximum atomic E-state index is 3.41. The van der Waals surface area contributed by atoms with Crippen molar-refractivity contribution >= 4 is 31.3 Å². The summed E-state index contributed by atoms with van der Waals surface area (Å²) in [7, 11) is 1.07. The minimum atomic E-state index is -0.305. The molecule has 1 aromatic carbocycles. The highest BCUT2D eigenvalue weighted by molar-refractivity contribution is 7.78. The number of hydrogen-bond donors (Lipinski definition) is 3. The van der Waals surface area contributed by atoms with Crippen LogP contribution in [-0.2, 0) is 0 Å². The molecule has 2 atom stereocenters. The first-order valence-electron chi connectivity index (χ1n) is 3.58. The van der Waals surface area contributed by atoms with Crippen molar-refractivity contribution < 1.29 is 0 Å². The highest BCUT2D eigenvalue weighted by Gasteiger charge is 2.12. The largest absolute Gasteiger partial charge is 0.254 e. The second-order valence-corrected chi connectivity index (χ2v) is 6.75. The summed E-state index contributed by atoms with van der Waals surface area (Å²) in [5.74, 6) is 0. The first-order chi connectivity index (χ1) is 5.97. The van der Waals surface area contributed by atoms with Crippen LogP contribution in [0.25, 0.3) is 0 Å². The van der Waals surface area contributed by atoms with Crippen molar-refractivity contribution in [1.29, 1.82) is 0 Å². The smallest absolute Gasteiger partial charge is 0.0757 e. The number of hydrogen-bond acceptors (Lipinski definition) is 3. The van der Waals surface area contributed by atoms with Gasteiger partial charge in [0.2, 0.25) is 0 Å². The summed E-state index contributed by atoms with van der Waals surface area (Å²) in [4.78, 5) is 10.1. The van der Waals surface area contributed by atoms with E-state index in [4.69, 9.17) is 0 Å².